The van der Waals surface area contributed by atoms with Crippen LogP contribution >= 0.6 is 23.4 Å². The van der Waals surface area contributed by atoms with Crippen LogP contribution in [0.3, 0.4) is 0 Å². The molecule has 0 aliphatic carbocycles. The molecule has 1 saturated heterocycles. The first-order chi connectivity index (χ1) is 7.90. The fourth-order valence-electron chi connectivity index (χ4n) is 2.62. The van der Waals surface area contributed by atoms with Crippen LogP contribution in [-0.2, 0) is 6.42 Å². The predicted molar refractivity (Wildman–Crippen MR) is 75.8 cm³/mol. The molecule has 1 fully saturated rings. The van der Waals surface area contributed by atoms with Crippen molar-refractivity contribution in [2.24, 2.45) is 5.41 Å². The summed E-state index contributed by atoms with van der Waals surface area (Å²) in [6, 6.07) is 7.80. The number of rotatable bonds is 2. The fraction of sp³-hybridized carbons (Fsp3) is 0.571. The third-order valence-corrected chi connectivity index (χ3v) is 5.24. The molecule has 3 heteroatoms. The summed E-state index contributed by atoms with van der Waals surface area (Å²) < 4.78 is 0. The van der Waals surface area contributed by atoms with E-state index >= 15 is 0 Å². The maximum absolute atomic E-state index is 10.7. The lowest BCUT2D eigenvalue weighted by Crippen LogP contribution is -2.44. The molecule has 1 aliphatic heterocycles. The van der Waals surface area contributed by atoms with Gasteiger partial charge in [0.15, 0.2) is 0 Å². The van der Waals surface area contributed by atoms with E-state index in [2.05, 4.69) is 13.8 Å². The standard InChI is InChI=1S/C14H19ClOS/c1-13(2)8-14(16,10-17-9-13)7-11-5-3-4-6-12(11)15/h3-6,16H,7-10H2,1-2H3. The Bertz CT molecular complexity index is 405. The first-order valence-corrected chi connectivity index (χ1v) is 7.47. The highest BCUT2D eigenvalue weighted by Gasteiger charge is 2.39. The Labute approximate surface area is 113 Å². The molecule has 0 radical (unpaired) electrons. The second-order valence-corrected chi connectivity index (χ2v) is 7.22. The minimum atomic E-state index is -0.614. The van der Waals surface area contributed by atoms with Crippen LogP contribution in [0.15, 0.2) is 24.3 Å². The monoisotopic (exact) mass is 270 g/mol. The van der Waals surface area contributed by atoms with Crippen LogP contribution in [0.25, 0.3) is 0 Å². The highest BCUT2D eigenvalue weighted by atomic mass is 35.5. The van der Waals surface area contributed by atoms with Gasteiger partial charge < -0.3 is 5.11 Å². The van der Waals surface area contributed by atoms with Crippen molar-refractivity contribution in [1.82, 2.24) is 0 Å². The zero-order valence-electron chi connectivity index (χ0n) is 10.4. The Morgan fingerprint density at radius 3 is 2.65 bits per heavy atom. The van der Waals surface area contributed by atoms with Crippen molar-refractivity contribution in [3.05, 3.63) is 34.9 Å². The van der Waals surface area contributed by atoms with Gasteiger partial charge in [-0.2, -0.15) is 11.8 Å². The molecule has 0 spiro atoms. The van der Waals surface area contributed by atoms with Gasteiger partial charge in [-0.05, 0) is 29.2 Å². The average Bonchev–Trinajstić information content (AvgIpc) is 2.19. The normalized spacial score (nSPS) is 28.0. The smallest absolute Gasteiger partial charge is 0.0783 e. The van der Waals surface area contributed by atoms with Crippen molar-refractivity contribution >= 4 is 23.4 Å². The summed E-state index contributed by atoms with van der Waals surface area (Å²) in [4.78, 5) is 0. The molecule has 1 unspecified atom stereocenters. The lowest BCUT2D eigenvalue weighted by Gasteiger charge is -2.41. The van der Waals surface area contributed by atoms with Crippen LogP contribution in [0.5, 0.6) is 0 Å². The van der Waals surface area contributed by atoms with Gasteiger partial charge in [0.1, 0.15) is 0 Å². The van der Waals surface area contributed by atoms with E-state index in [-0.39, 0.29) is 5.41 Å². The van der Waals surface area contributed by atoms with Gasteiger partial charge in [-0.1, -0.05) is 43.6 Å². The predicted octanol–water partition coefficient (Wildman–Crippen LogP) is 3.78. The summed E-state index contributed by atoms with van der Waals surface area (Å²) in [5.74, 6) is 1.93. The van der Waals surface area contributed by atoms with E-state index in [4.69, 9.17) is 11.6 Å². The lowest BCUT2D eigenvalue weighted by molar-refractivity contribution is 0.0200. The van der Waals surface area contributed by atoms with Gasteiger partial charge in [-0.25, -0.2) is 0 Å². The number of halogens is 1. The van der Waals surface area contributed by atoms with Crippen molar-refractivity contribution in [2.75, 3.05) is 11.5 Å². The van der Waals surface area contributed by atoms with Crippen LogP contribution in [0.1, 0.15) is 25.8 Å². The molecule has 1 heterocycles. The van der Waals surface area contributed by atoms with E-state index in [1.54, 1.807) is 0 Å². The molecule has 2 rings (SSSR count). The molecular weight excluding hydrogens is 252 g/mol. The topological polar surface area (TPSA) is 20.2 Å². The van der Waals surface area contributed by atoms with E-state index in [0.717, 1.165) is 28.5 Å². The second kappa shape index (κ2) is 4.83. The van der Waals surface area contributed by atoms with Crippen molar-refractivity contribution in [3.8, 4) is 0 Å². The highest BCUT2D eigenvalue weighted by Crippen LogP contribution is 2.41. The summed E-state index contributed by atoms with van der Waals surface area (Å²) in [7, 11) is 0. The zero-order valence-corrected chi connectivity index (χ0v) is 11.9. The quantitative estimate of drug-likeness (QED) is 0.883. The number of hydrogen-bond donors (Lipinski definition) is 1. The number of hydrogen-bond acceptors (Lipinski definition) is 2. The highest BCUT2D eigenvalue weighted by molar-refractivity contribution is 7.99. The lowest BCUT2D eigenvalue weighted by atomic mass is 9.79. The van der Waals surface area contributed by atoms with Crippen molar-refractivity contribution in [2.45, 2.75) is 32.3 Å². The van der Waals surface area contributed by atoms with Crippen LogP contribution in [-0.4, -0.2) is 22.2 Å². The molecule has 1 aliphatic rings. The van der Waals surface area contributed by atoms with Crippen LogP contribution in [0, 0.1) is 5.41 Å². The molecule has 1 atom stereocenters. The first-order valence-electron chi connectivity index (χ1n) is 5.94. The molecule has 1 nitrogen and oxygen atoms in total. The maximum atomic E-state index is 10.7. The van der Waals surface area contributed by atoms with Crippen molar-refractivity contribution in [1.29, 1.82) is 0 Å². The Hall–Kier alpha value is -0.180. The molecule has 1 aromatic carbocycles. The van der Waals surface area contributed by atoms with E-state index in [9.17, 15) is 5.11 Å². The Balaban J connectivity index is 2.15. The summed E-state index contributed by atoms with van der Waals surface area (Å²) in [6.45, 7) is 4.44. The third-order valence-electron chi connectivity index (χ3n) is 3.15. The number of benzene rings is 1. The summed E-state index contributed by atoms with van der Waals surface area (Å²) in [6.07, 6.45) is 1.50. The molecule has 1 aromatic rings. The Morgan fingerprint density at radius 2 is 2.00 bits per heavy atom. The minimum Gasteiger partial charge on any atom is -0.389 e. The largest absolute Gasteiger partial charge is 0.389 e. The molecule has 17 heavy (non-hydrogen) atoms. The van der Waals surface area contributed by atoms with Crippen LogP contribution in [0.4, 0.5) is 0 Å². The molecular formula is C14H19ClOS. The maximum Gasteiger partial charge on any atom is 0.0783 e. The average molecular weight is 271 g/mol. The van der Waals surface area contributed by atoms with Gasteiger partial charge in [0.2, 0.25) is 0 Å². The van der Waals surface area contributed by atoms with Crippen LogP contribution in [0.2, 0.25) is 5.02 Å². The summed E-state index contributed by atoms with van der Waals surface area (Å²) in [5, 5.41) is 11.5. The van der Waals surface area contributed by atoms with Crippen LogP contribution < -0.4 is 0 Å². The molecule has 0 aromatic heterocycles. The van der Waals surface area contributed by atoms with E-state index < -0.39 is 5.60 Å². The van der Waals surface area contributed by atoms with Gasteiger partial charge in [0, 0.05) is 17.2 Å². The van der Waals surface area contributed by atoms with E-state index in [1.165, 1.54) is 0 Å². The third kappa shape index (κ3) is 3.40. The fourth-order valence-corrected chi connectivity index (χ4v) is 4.16. The van der Waals surface area contributed by atoms with Gasteiger partial charge in [-0.3, -0.25) is 0 Å². The molecule has 0 bridgehead atoms. The summed E-state index contributed by atoms with van der Waals surface area (Å²) in [5.41, 5.74) is 0.644. The van der Waals surface area contributed by atoms with Gasteiger partial charge >= 0.3 is 0 Å². The minimum absolute atomic E-state index is 0.207. The van der Waals surface area contributed by atoms with Crippen molar-refractivity contribution < 1.29 is 5.11 Å². The molecule has 94 valence electrons. The van der Waals surface area contributed by atoms with E-state index in [0.29, 0.717) is 6.42 Å². The van der Waals surface area contributed by atoms with Gasteiger partial charge in [0.25, 0.3) is 0 Å². The van der Waals surface area contributed by atoms with Gasteiger partial charge in [0.05, 0.1) is 5.60 Å². The Kier molecular flexibility index (Phi) is 3.77. The number of aliphatic hydroxyl groups is 1. The second-order valence-electron chi connectivity index (χ2n) is 5.83. The molecule has 0 saturated carbocycles. The Morgan fingerprint density at radius 1 is 1.29 bits per heavy atom. The first kappa shape index (κ1) is 13.3. The van der Waals surface area contributed by atoms with Crippen molar-refractivity contribution in [3.63, 3.8) is 0 Å². The van der Waals surface area contributed by atoms with Gasteiger partial charge in [-0.15, -0.1) is 0 Å². The SMILES string of the molecule is CC1(C)CSCC(O)(Cc2ccccc2Cl)C1. The van der Waals surface area contributed by atoms with E-state index in [1.807, 2.05) is 36.0 Å². The number of thioether (sulfide) groups is 1. The molecule has 1 N–H and O–H groups in total. The molecule has 0 amide bonds. The zero-order chi connectivity index (χ0) is 12.5. The summed E-state index contributed by atoms with van der Waals surface area (Å²) >= 11 is 8.00.